The lowest BCUT2D eigenvalue weighted by atomic mass is 9.96. The van der Waals surface area contributed by atoms with E-state index < -0.39 is 0 Å². The molecule has 6 nitrogen and oxygen atoms in total. The molecule has 1 saturated heterocycles. The van der Waals surface area contributed by atoms with Crippen LogP contribution >= 0.6 is 11.6 Å². The van der Waals surface area contributed by atoms with Crippen LogP contribution in [0.5, 0.6) is 0 Å². The number of piperidine rings is 1. The lowest BCUT2D eigenvalue weighted by Gasteiger charge is -2.31. The maximum atomic E-state index is 12.5. The van der Waals surface area contributed by atoms with Gasteiger partial charge in [0.2, 0.25) is 0 Å². The number of amides is 2. The molecular formula is C20H27ClN2O4. The molecule has 1 atom stereocenters. The van der Waals surface area contributed by atoms with E-state index in [-0.39, 0.29) is 36.4 Å². The summed E-state index contributed by atoms with van der Waals surface area (Å²) >= 11 is 5.85. The lowest BCUT2D eigenvalue weighted by Crippen LogP contribution is -2.42. The van der Waals surface area contributed by atoms with Crippen molar-refractivity contribution in [3.63, 3.8) is 0 Å². The van der Waals surface area contributed by atoms with Crippen LogP contribution in [0.4, 0.5) is 0 Å². The van der Waals surface area contributed by atoms with Crippen molar-refractivity contribution in [2.24, 2.45) is 11.8 Å². The zero-order valence-corrected chi connectivity index (χ0v) is 16.8. The Bertz CT molecular complexity index is 667. The van der Waals surface area contributed by atoms with Crippen molar-refractivity contribution < 1.29 is 19.1 Å². The molecule has 0 radical (unpaired) electrons. The van der Waals surface area contributed by atoms with Crippen LogP contribution in [0.1, 0.15) is 44.0 Å². The van der Waals surface area contributed by atoms with Gasteiger partial charge in [0.25, 0.3) is 11.8 Å². The molecule has 0 spiro atoms. The van der Waals surface area contributed by atoms with Gasteiger partial charge in [-0.15, -0.1) is 0 Å². The molecule has 1 aromatic carbocycles. The number of likely N-dealkylation sites (tertiary alicyclic amines) is 1. The summed E-state index contributed by atoms with van der Waals surface area (Å²) in [5.74, 6) is -0.705. The number of halogens is 1. The highest BCUT2D eigenvalue weighted by Crippen LogP contribution is 2.21. The highest BCUT2D eigenvalue weighted by molar-refractivity contribution is 6.30. The fourth-order valence-electron chi connectivity index (χ4n) is 2.81. The molecule has 1 aliphatic rings. The Morgan fingerprint density at radius 3 is 2.30 bits per heavy atom. The second-order valence-corrected chi connectivity index (χ2v) is 7.72. The zero-order valence-electron chi connectivity index (χ0n) is 16.0. The topological polar surface area (TPSA) is 75.7 Å². The number of ether oxygens (including phenoxy) is 1. The number of nitrogens with one attached hydrogen (secondary N) is 1. The highest BCUT2D eigenvalue weighted by Gasteiger charge is 2.29. The number of hydrogen-bond donors (Lipinski definition) is 1. The van der Waals surface area contributed by atoms with E-state index in [0.29, 0.717) is 42.4 Å². The Balaban J connectivity index is 1.76. The Morgan fingerprint density at radius 1 is 1.15 bits per heavy atom. The molecule has 0 aromatic heterocycles. The van der Waals surface area contributed by atoms with Gasteiger partial charge in [0.1, 0.15) is 0 Å². The predicted molar refractivity (Wildman–Crippen MR) is 103 cm³/mol. The minimum absolute atomic E-state index is 0.0262. The second-order valence-electron chi connectivity index (χ2n) is 7.28. The van der Waals surface area contributed by atoms with Gasteiger partial charge in [-0.2, -0.15) is 0 Å². The minimum Gasteiger partial charge on any atom is -0.455 e. The van der Waals surface area contributed by atoms with Crippen LogP contribution < -0.4 is 5.32 Å². The van der Waals surface area contributed by atoms with Crippen molar-refractivity contribution >= 4 is 29.4 Å². The second kappa shape index (κ2) is 9.74. The van der Waals surface area contributed by atoms with E-state index in [9.17, 15) is 14.4 Å². The van der Waals surface area contributed by atoms with Gasteiger partial charge in [0.15, 0.2) is 6.61 Å². The molecule has 148 valence electrons. The standard InChI is InChI=1S/C20H27ClN2O4/c1-13(2)14(3)22-18(24)12-27-20(26)16-8-10-23(11-9-16)19(25)15-4-6-17(21)7-5-15/h4-7,13-14,16H,8-12H2,1-3H3,(H,22,24). The maximum Gasteiger partial charge on any atom is 0.309 e. The van der Waals surface area contributed by atoms with Crippen molar-refractivity contribution in [1.29, 1.82) is 0 Å². The van der Waals surface area contributed by atoms with Gasteiger partial charge >= 0.3 is 5.97 Å². The predicted octanol–water partition coefficient (Wildman–Crippen LogP) is 2.90. The molecule has 0 saturated carbocycles. The quantitative estimate of drug-likeness (QED) is 0.753. The van der Waals surface area contributed by atoms with E-state index in [4.69, 9.17) is 16.3 Å². The number of rotatable bonds is 6. The summed E-state index contributed by atoms with van der Waals surface area (Å²) < 4.78 is 5.15. The first-order chi connectivity index (χ1) is 12.8. The molecule has 2 amide bonds. The van der Waals surface area contributed by atoms with Crippen molar-refractivity contribution in [2.75, 3.05) is 19.7 Å². The summed E-state index contributed by atoms with van der Waals surface area (Å²) in [6, 6.07) is 6.79. The molecule has 0 bridgehead atoms. The summed E-state index contributed by atoms with van der Waals surface area (Å²) in [5, 5.41) is 3.39. The molecule has 2 rings (SSSR count). The summed E-state index contributed by atoms with van der Waals surface area (Å²) in [7, 11) is 0. The van der Waals surface area contributed by atoms with Crippen molar-refractivity contribution in [3.05, 3.63) is 34.9 Å². The van der Waals surface area contributed by atoms with Gasteiger partial charge in [-0.05, 0) is 49.9 Å². The Kier molecular flexibility index (Phi) is 7.66. The van der Waals surface area contributed by atoms with E-state index in [0.717, 1.165) is 0 Å². The number of benzene rings is 1. The van der Waals surface area contributed by atoms with Crippen molar-refractivity contribution in [1.82, 2.24) is 10.2 Å². The van der Waals surface area contributed by atoms with Gasteiger partial charge in [0, 0.05) is 29.7 Å². The fourth-order valence-corrected chi connectivity index (χ4v) is 2.94. The van der Waals surface area contributed by atoms with Gasteiger partial charge in [-0.1, -0.05) is 25.4 Å². The molecule has 27 heavy (non-hydrogen) atoms. The molecule has 0 aliphatic carbocycles. The average Bonchev–Trinajstić information content (AvgIpc) is 2.66. The number of nitrogens with zero attached hydrogens (tertiary/aromatic N) is 1. The molecule has 1 fully saturated rings. The van der Waals surface area contributed by atoms with Gasteiger partial charge in [-0.25, -0.2) is 0 Å². The summed E-state index contributed by atoms with van der Waals surface area (Å²) in [5.41, 5.74) is 0.580. The first-order valence-corrected chi connectivity index (χ1v) is 9.66. The Morgan fingerprint density at radius 2 is 1.74 bits per heavy atom. The monoisotopic (exact) mass is 394 g/mol. The van der Waals surface area contributed by atoms with Crippen LogP contribution in [0.3, 0.4) is 0 Å². The highest BCUT2D eigenvalue weighted by atomic mass is 35.5. The van der Waals surface area contributed by atoms with Gasteiger partial charge in [-0.3, -0.25) is 14.4 Å². The fraction of sp³-hybridized carbons (Fsp3) is 0.550. The van der Waals surface area contributed by atoms with Crippen LogP contribution in [0, 0.1) is 11.8 Å². The van der Waals surface area contributed by atoms with Gasteiger partial charge in [0.05, 0.1) is 5.92 Å². The van der Waals surface area contributed by atoms with E-state index in [1.165, 1.54) is 0 Å². The Hall–Kier alpha value is -2.08. The number of hydrogen-bond acceptors (Lipinski definition) is 4. The summed E-state index contributed by atoms with van der Waals surface area (Å²) in [4.78, 5) is 38.2. The zero-order chi connectivity index (χ0) is 20.0. The Labute approximate surface area is 165 Å². The third kappa shape index (κ3) is 6.24. The van der Waals surface area contributed by atoms with Crippen LogP contribution in [-0.2, 0) is 14.3 Å². The first kappa shape index (κ1) is 21.2. The smallest absolute Gasteiger partial charge is 0.309 e. The molecule has 1 aliphatic heterocycles. The van der Waals surface area contributed by atoms with Crippen LogP contribution in [0.25, 0.3) is 0 Å². The minimum atomic E-state index is -0.374. The van der Waals surface area contributed by atoms with Gasteiger partial charge < -0.3 is 15.0 Å². The largest absolute Gasteiger partial charge is 0.455 e. The third-order valence-electron chi connectivity index (χ3n) is 4.94. The molecule has 1 aromatic rings. The van der Waals surface area contributed by atoms with Crippen LogP contribution in [-0.4, -0.2) is 48.4 Å². The lowest BCUT2D eigenvalue weighted by molar-refractivity contribution is -0.154. The molecule has 1 N–H and O–H groups in total. The normalized spacial score (nSPS) is 16.1. The van der Waals surface area contributed by atoms with Crippen molar-refractivity contribution in [3.8, 4) is 0 Å². The first-order valence-electron chi connectivity index (χ1n) is 9.28. The summed E-state index contributed by atoms with van der Waals surface area (Å²) in [6.07, 6.45) is 1.06. The van der Waals surface area contributed by atoms with E-state index >= 15 is 0 Å². The number of carbonyl (C=O) groups excluding carboxylic acids is 3. The average molecular weight is 395 g/mol. The van der Waals surface area contributed by atoms with E-state index in [1.54, 1.807) is 29.2 Å². The molecule has 7 heteroatoms. The number of carbonyl (C=O) groups is 3. The number of esters is 1. The molecule has 1 unspecified atom stereocenters. The van der Waals surface area contributed by atoms with Crippen LogP contribution in [0.2, 0.25) is 5.02 Å². The third-order valence-corrected chi connectivity index (χ3v) is 5.19. The molecular weight excluding hydrogens is 368 g/mol. The van der Waals surface area contributed by atoms with E-state index in [2.05, 4.69) is 5.32 Å². The maximum absolute atomic E-state index is 12.5. The van der Waals surface area contributed by atoms with Crippen LogP contribution in [0.15, 0.2) is 24.3 Å². The summed E-state index contributed by atoms with van der Waals surface area (Å²) in [6.45, 7) is 6.64. The SMILES string of the molecule is CC(C)C(C)NC(=O)COC(=O)C1CCN(C(=O)c2ccc(Cl)cc2)CC1. The van der Waals surface area contributed by atoms with E-state index in [1.807, 2.05) is 20.8 Å². The molecule has 1 heterocycles. The van der Waals surface area contributed by atoms with Crippen molar-refractivity contribution in [2.45, 2.75) is 39.7 Å².